The SMILES string of the molecule is CC(C)(CO)C1CCc2cc(Cl)ccc21. The van der Waals surface area contributed by atoms with Gasteiger partial charge in [0, 0.05) is 11.6 Å². The Balaban J connectivity index is 2.37. The van der Waals surface area contributed by atoms with E-state index in [0.717, 1.165) is 17.9 Å². The molecule has 1 atom stereocenters. The molecule has 0 amide bonds. The molecule has 0 radical (unpaired) electrons. The molecule has 1 aliphatic rings. The molecule has 82 valence electrons. The van der Waals surface area contributed by atoms with Crippen LogP contribution < -0.4 is 0 Å². The van der Waals surface area contributed by atoms with E-state index in [0.29, 0.717) is 5.92 Å². The van der Waals surface area contributed by atoms with Gasteiger partial charge in [-0.05, 0) is 47.4 Å². The molecule has 2 rings (SSSR count). The summed E-state index contributed by atoms with van der Waals surface area (Å²) in [5.74, 6) is 0.467. The fourth-order valence-corrected chi connectivity index (χ4v) is 2.70. The molecule has 1 nitrogen and oxygen atoms in total. The van der Waals surface area contributed by atoms with Crippen LogP contribution in [-0.2, 0) is 6.42 Å². The Morgan fingerprint density at radius 2 is 2.20 bits per heavy atom. The van der Waals surface area contributed by atoms with Crippen molar-refractivity contribution in [1.82, 2.24) is 0 Å². The fourth-order valence-electron chi connectivity index (χ4n) is 2.51. The molecule has 0 spiro atoms. The van der Waals surface area contributed by atoms with Gasteiger partial charge in [0.1, 0.15) is 0 Å². The van der Waals surface area contributed by atoms with Crippen molar-refractivity contribution in [3.8, 4) is 0 Å². The second kappa shape index (κ2) is 3.80. The minimum Gasteiger partial charge on any atom is -0.396 e. The first kappa shape index (κ1) is 11.0. The van der Waals surface area contributed by atoms with Crippen molar-refractivity contribution in [2.75, 3.05) is 6.61 Å². The second-order valence-electron chi connectivity index (χ2n) is 5.08. The molecular formula is C13H17ClO. The van der Waals surface area contributed by atoms with E-state index in [1.54, 1.807) is 0 Å². The summed E-state index contributed by atoms with van der Waals surface area (Å²) in [5.41, 5.74) is 2.70. The number of benzene rings is 1. The highest BCUT2D eigenvalue weighted by molar-refractivity contribution is 6.30. The predicted molar refractivity (Wildman–Crippen MR) is 63.4 cm³/mol. The summed E-state index contributed by atoms with van der Waals surface area (Å²) in [4.78, 5) is 0. The van der Waals surface area contributed by atoms with Crippen LogP contribution in [0.15, 0.2) is 18.2 Å². The first-order valence-electron chi connectivity index (χ1n) is 5.44. The van der Waals surface area contributed by atoms with Gasteiger partial charge in [0.2, 0.25) is 0 Å². The number of aryl methyl sites for hydroxylation is 1. The Kier molecular flexibility index (Phi) is 2.78. The molecule has 1 aromatic carbocycles. The normalized spacial score (nSPS) is 20.4. The van der Waals surface area contributed by atoms with Crippen molar-refractivity contribution in [3.63, 3.8) is 0 Å². The van der Waals surface area contributed by atoms with Gasteiger partial charge in [0.25, 0.3) is 0 Å². The lowest BCUT2D eigenvalue weighted by molar-refractivity contribution is 0.130. The summed E-state index contributed by atoms with van der Waals surface area (Å²) in [6.45, 7) is 4.49. The maximum Gasteiger partial charge on any atom is 0.0487 e. The van der Waals surface area contributed by atoms with Crippen LogP contribution in [0.3, 0.4) is 0 Å². The van der Waals surface area contributed by atoms with Gasteiger partial charge in [-0.2, -0.15) is 0 Å². The molecule has 0 bridgehead atoms. The van der Waals surface area contributed by atoms with Crippen LogP contribution in [0, 0.1) is 5.41 Å². The minimum absolute atomic E-state index is 0.0287. The van der Waals surface area contributed by atoms with Crippen molar-refractivity contribution in [1.29, 1.82) is 0 Å². The first-order chi connectivity index (χ1) is 7.04. The van der Waals surface area contributed by atoms with Gasteiger partial charge in [-0.15, -0.1) is 0 Å². The molecule has 15 heavy (non-hydrogen) atoms. The van der Waals surface area contributed by atoms with E-state index in [4.69, 9.17) is 11.6 Å². The van der Waals surface area contributed by atoms with Crippen LogP contribution in [0.25, 0.3) is 0 Å². The minimum atomic E-state index is -0.0287. The Morgan fingerprint density at radius 3 is 2.87 bits per heavy atom. The molecule has 0 heterocycles. The number of hydrogen-bond donors (Lipinski definition) is 1. The highest BCUT2D eigenvalue weighted by Gasteiger charge is 2.34. The summed E-state index contributed by atoms with van der Waals surface area (Å²) < 4.78 is 0. The van der Waals surface area contributed by atoms with Crippen molar-refractivity contribution < 1.29 is 5.11 Å². The van der Waals surface area contributed by atoms with Gasteiger partial charge >= 0.3 is 0 Å². The Labute approximate surface area is 96.1 Å². The fraction of sp³-hybridized carbons (Fsp3) is 0.538. The maximum atomic E-state index is 9.41. The third-order valence-electron chi connectivity index (χ3n) is 3.53. The summed E-state index contributed by atoms with van der Waals surface area (Å²) in [7, 11) is 0. The van der Waals surface area contributed by atoms with E-state index >= 15 is 0 Å². The zero-order chi connectivity index (χ0) is 11.1. The van der Waals surface area contributed by atoms with Crippen LogP contribution >= 0.6 is 11.6 Å². The smallest absolute Gasteiger partial charge is 0.0487 e. The molecule has 2 heteroatoms. The second-order valence-corrected chi connectivity index (χ2v) is 5.52. The van der Waals surface area contributed by atoms with Gasteiger partial charge < -0.3 is 5.11 Å². The maximum absolute atomic E-state index is 9.41. The van der Waals surface area contributed by atoms with E-state index in [1.165, 1.54) is 11.1 Å². The van der Waals surface area contributed by atoms with E-state index in [1.807, 2.05) is 6.07 Å². The largest absolute Gasteiger partial charge is 0.396 e. The third kappa shape index (κ3) is 1.91. The zero-order valence-corrected chi connectivity index (χ0v) is 10.0. The van der Waals surface area contributed by atoms with E-state index in [2.05, 4.69) is 26.0 Å². The third-order valence-corrected chi connectivity index (χ3v) is 3.77. The Hall–Kier alpha value is -0.530. The van der Waals surface area contributed by atoms with Crippen LogP contribution in [0.5, 0.6) is 0 Å². The monoisotopic (exact) mass is 224 g/mol. The quantitative estimate of drug-likeness (QED) is 0.817. The first-order valence-corrected chi connectivity index (χ1v) is 5.81. The van der Waals surface area contributed by atoms with Gasteiger partial charge in [0.05, 0.1) is 0 Å². The number of rotatable bonds is 2. The molecule has 0 saturated heterocycles. The van der Waals surface area contributed by atoms with Gasteiger partial charge in [-0.1, -0.05) is 31.5 Å². The molecular weight excluding hydrogens is 208 g/mol. The molecule has 1 aliphatic carbocycles. The lowest BCUT2D eigenvalue weighted by Gasteiger charge is -2.30. The van der Waals surface area contributed by atoms with Crippen molar-refractivity contribution in [2.45, 2.75) is 32.6 Å². The molecule has 0 fully saturated rings. The highest BCUT2D eigenvalue weighted by Crippen LogP contribution is 2.45. The van der Waals surface area contributed by atoms with Gasteiger partial charge in [0.15, 0.2) is 0 Å². The topological polar surface area (TPSA) is 20.2 Å². The molecule has 1 N–H and O–H groups in total. The van der Waals surface area contributed by atoms with Crippen molar-refractivity contribution >= 4 is 11.6 Å². The van der Waals surface area contributed by atoms with Crippen LogP contribution in [0.4, 0.5) is 0 Å². The van der Waals surface area contributed by atoms with Crippen molar-refractivity contribution in [2.24, 2.45) is 5.41 Å². The molecule has 0 saturated carbocycles. The molecule has 1 unspecified atom stereocenters. The van der Waals surface area contributed by atoms with Crippen LogP contribution in [-0.4, -0.2) is 11.7 Å². The standard InChI is InChI=1S/C13H17ClO/c1-13(2,8-15)12-6-3-9-7-10(14)4-5-11(9)12/h4-5,7,12,15H,3,6,8H2,1-2H3. The number of aliphatic hydroxyl groups excluding tert-OH is 1. The van der Waals surface area contributed by atoms with E-state index in [9.17, 15) is 5.11 Å². The van der Waals surface area contributed by atoms with Crippen molar-refractivity contribution in [3.05, 3.63) is 34.3 Å². The van der Waals surface area contributed by atoms with Gasteiger partial charge in [-0.25, -0.2) is 0 Å². The molecule has 0 aromatic heterocycles. The summed E-state index contributed by atoms with van der Waals surface area (Å²) >= 11 is 5.97. The molecule has 1 aromatic rings. The van der Waals surface area contributed by atoms with Crippen LogP contribution in [0.2, 0.25) is 5.02 Å². The number of fused-ring (bicyclic) bond motifs is 1. The lowest BCUT2D eigenvalue weighted by Crippen LogP contribution is -2.24. The average Bonchev–Trinajstić information content (AvgIpc) is 2.61. The number of hydrogen-bond acceptors (Lipinski definition) is 1. The Morgan fingerprint density at radius 1 is 1.47 bits per heavy atom. The highest BCUT2D eigenvalue weighted by atomic mass is 35.5. The predicted octanol–water partition coefficient (Wildman–Crippen LogP) is 3.39. The van der Waals surface area contributed by atoms with E-state index in [-0.39, 0.29) is 12.0 Å². The Bertz CT molecular complexity index is 371. The molecule has 0 aliphatic heterocycles. The summed E-state index contributed by atoms with van der Waals surface area (Å²) in [5, 5.41) is 10.2. The van der Waals surface area contributed by atoms with E-state index < -0.39 is 0 Å². The number of halogens is 1. The number of aliphatic hydroxyl groups is 1. The van der Waals surface area contributed by atoms with Crippen LogP contribution in [0.1, 0.15) is 37.3 Å². The average molecular weight is 225 g/mol. The van der Waals surface area contributed by atoms with Gasteiger partial charge in [-0.3, -0.25) is 0 Å². The zero-order valence-electron chi connectivity index (χ0n) is 9.26. The summed E-state index contributed by atoms with van der Waals surface area (Å²) in [6.07, 6.45) is 2.22. The lowest BCUT2D eigenvalue weighted by atomic mass is 9.76. The summed E-state index contributed by atoms with van der Waals surface area (Å²) in [6, 6.07) is 6.13.